The van der Waals surface area contributed by atoms with Gasteiger partial charge in [0.05, 0.1) is 23.4 Å². The lowest BCUT2D eigenvalue weighted by molar-refractivity contribution is -0.124. The number of hydrogen-bond acceptors (Lipinski definition) is 6. The fourth-order valence-electron chi connectivity index (χ4n) is 3.96. The number of phenolic OH excluding ortho intramolecular Hbond substituents is 1. The van der Waals surface area contributed by atoms with E-state index in [1.165, 1.54) is 6.07 Å². The number of amides is 1. The Bertz CT molecular complexity index is 1100. The first-order valence-corrected chi connectivity index (χ1v) is 9.53. The summed E-state index contributed by atoms with van der Waals surface area (Å²) in [6, 6.07) is 6.94. The van der Waals surface area contributed by atoms with E-state index in [1.54, 1.807) is 18.3 Å². The summed E-state index contributed by atoms with van der Waals surface area (Å²) in [4.78, 5) is 30.9. The van der Waals surface area contributed by atoms with Gasteiger partial charge in [-0.3, -0.25) is 19.5 Å². The number of Topliss-reactive ketones (excluding diaryl/α,β-unsaturated/α-hetero) is 1. The number of pyridine rings is 1. The number of carbonyl (C=O) groups excluding carboxylic acids is 2. The van der Waals surface area contributed by atoms with Crippen molar-refractivity contribution in [2.24, 2.45) is 0 Å². The number of allylic oxidation sites excluding steroid dienone is 4. The van der Waals surface area contributed by atoms with Crippen LogP contribution in [0, 0.1) is 0 Å². The van der Waals surface area contributed by atoms with Gasteiger partial charge in [0, 0.05) is 37.8 Å². The van der Waals surface area contributed by atoms with Crippen molar-refractivity contribution < 1.29 is 19.4 Å². The minimum Gasteiger partial charge on any atom is -0.507 e. The Morgan fingerprint density at radius 2 is 2.14 bits per heavy atom. The molecule has 0 spiro atoms. The van der Waals surface area contributed by atoms with Crippen molar-refractivity contribution in [2.75, 3.05) is 19.6 Å². The van der Waals surface area contributed by atoms with Gasteiger partial charge in [-0.15, -0.1) is 0 Å². The first-order valence-electron chi connectivity index (χ1n) is 9.53. The Morgan fingerprint density at radius 1 is 1.24 bits per heavy atom. The molecule has 2 N–H and O–H groups in total. The van der Waals surface area contributed by atoms with E-state index in [0.29, 0.717) is 36.5 Å². The van der Waals surface area contributed by atoms with Gasteiger partial charge in [0.25, 0.3) is 0 Å². The number of rotatable bonds is 3. The molecule has 1 fully saturated rings. The molecule has 2 aromatic rings. The molecule has 1 aromatic carbocycles. The van der Waals surface area contributed by atoms with Crippen LogP contribution in [0.15, 0.2) is 48.4 Å². The molecule has 7 heteroatoms. The molecule has 0 atom stereocenters. The normalized spacial score (nSPS) is 19.6. The van der Waals surface area contributed by atoms with E-state index in [2.05, 4.69) is 10.3 Å². The van der Waals surface area contributed by atoms with Crippen molar-refractivity contribution in [2.45, 2.75) is 13.0 Å². The quantitative estimate of drug-likeness (QED) is 0.778. The molecule has 1 saturated heterocycles. The van der Waals surface area contributed by atoms with Gasteiger partial charge in [-0.25, -0.2) is 0 Å². The number of carbonyl (C=O) groups is 2. The molecule has 29 heavy (non-hydrogen) atoms. The van der Waals surface area contributed by atoms with Crippen LogP contribution in [0.25, 0.3) is 5.57 Å². The fraction of sp³-hybridized carbons (Fsp3) is 0.227. The number of aromatic nitrogens is 1. The summed E-state index contributed by atoms with van der Waals surface area (Å²) in [6.45, 7) is 1.80. The number of ether oxygens (including phenoxy) is 1. The molecular formula is C22H19N3O4. The number of piperazine rings is 1. The third kappa shape index (κ3) is 3.09. The van der Waals surface area contributed by atoms with Gasteiger partial charge in [0.2, 0.25) is 11.7 Å². The highest BCUT2D eigenvalue weighted by Crippen LogP contribution is 2.41. The van der Waals surface area contributed by atoms with E-state index in [4.69, 9.17) is 4.74 Å². The standard InChI is InChI=1S/C22H19N3O4/c26-18-6-4-15-21(28)19(10-13-3-5-17-14(13)2-1-7-23-17)29-22(15)16(18)11-25-9-8-24-20(27)12-25/h1-4,6-7,10,26H,5,8-9,11-12H2,(H,24,27)/b19-10-. The first-order chi connectivity index (χ1) is 14.1. The Labute approximate surface area is 167 Å². The van der Waals surface area contributed by atoms with Gasteiger partial charge in [-0.2, -0.15) is 0 Å². The van der Waals surface area contributed by atoms with E-state index in [1.807, 2.05) is 23.1 Å². The number of hydrogen-bond donors (Lipinski definition) is 2. The highest BCUT2D eigenvalue weighted by atomic mass is 16.5. The zero-order valence-electron chi connectivity index (χ0n) is 15.6. The molecule has 2 aliphatic heterocycles. The van der Waals surface area contributed by atoms with E-state index >= 15 is 0 Å². The molecule has 1 aliphatic carbocycles. The Hall–Kier alpha value is -3.45. The van der Waals surface area contributed by atoms with Gasteiger partial charge in [0.15, 0.2) is 5.76 Å². The van der Waals surface area contributed by atoms with E-state index < -0.39 is 0 Å². The zero-order valence-corrected chi connectivity index (χ0v) is 15.6. The highest BCUT2D eigenvalue weighted by molar-refractivity contribution is 6.14. The molecule has 0 bridgehead atoms. The third-order valence-corrected chi connectivity index (χ3v) is 5.42. The monoisotopic (exact) mass is 389 g/mol. The molecule has 0 saturated carbocycles. The maximum Gasteiger partial charge on any atom is 0.234 e. The lowest BCUT2D eigenvalue weighted by Crippen LogP contribution is -2.47. The van der Waals surface area contributed by atoms with Crippen LogP contribution in [-0.4, -0.2) is 46.3 Å². The SMILES string of the molecule is O=C1CN(Cc2c(O)ccc3c2O/C(=C\C2=CCc4ncccc42)C3=O)CCN1. The predicted octanol–water partition coefficient (Wildman–Crippen LogP) is 1.82. The van der Waals surface area contributed by atoms with Crippen molar-refractivity contribution in [3.63, 3.8) is 0 Å². The van der Waals surface area contributed by atoms with Crippen molar-refractivity contribution in [1.82, 2.24) is 15.2 Å². The van der Waals surface area contributed by atoms with Crippen molar-refractivity contribution >= 4 is 17.3 Å². The van der Waals surface area contributed by atoms with Gasteiger partial charge in [-0.05, 0) is 29.8 Å². The summed E-state index contributed by atoms with van der Waals surface area (Å²) in [6.07, 6.45) is 6.24. The number of fused-ring (bicyclic) bond motifs is 2. The van der Waals surface area contributed by atoms with Crippen LogP contribution in [0.5, 0.6) is 11.5 Å². The molecule has 0 unspecified atom stereocenters. The van der Waals surface area contributed by atoms with Crippen LogP contribution in [0.4, 0.5) is 0 Å². The number of benzene rings is 1. The van der Waals surface area contributed by atoms with Crippen molar-refractivity contribution in [3.8, 4) is 11.5 Å². The summed E-state index contributed by atoms with van der Waals surface area (Å²) < 4.78 is 5.94. The molecule has 7 nitrogen and oxygen atoms in total. The third-order valence-electron chi connectivity index (χ3n) is 5.42. The smallest absolute Gasteiger partial charge is 0.234 e. The maximum atomic E-state index is 12.9. The number of nitrogens with one attached hydrogen (secondary N) is 1. The van der Waals surface area contributed by atoms with E-state index in [0.717, 1.165) is 23.3 Å². The van der Waals surface area contributed by atoms with Crippen LogP contribution < -0.4 is 10.1 Å². The lowest BCUT2D eigenvalue weighted by atomic mass is 10.0. The maximum absolute atomic E-state index is 12.9. The molecule has 0 radical (unpaired) electrons. The summed E-state index contributed by atoms with van der Waals surface area (Å²) in [5, 5.41) is 13.2. The molecule has 3 aliphatic rings. The van der Waals surface area contributed by atoms with Crippen LogP contribution in [0.1, 0.15) is 27.2 Å². The second-order valence-electron chi connectivity index (χ2n) is 7.30. The van der Waals surface area contributed by atoms with Crippen LogP contribution in [0.2, 0.25) is 0 Å². The summed E-state index contributed by atoms with van der Waals surface area (Å²) in [7, 11) is 0. The number of aromatic hydroxyl groups is 1. The first kappa shape index (κ1) is 17.6. The molecule has 1 aromatic heterocycles. The Kier molecular flexibility index (Phi) is 4.17. The van der Waals surface area contributed by atoms with E-state index in [-0.39, 0.29) is 29.7 Å². The second-order valence-corrected chi connectivity index (χ2v) is 7.30. The number of ketones is 1. The van der Waals surface area contributed by atoms with Gasteiger partial charge < -0.3 is 15.2 Å². The van der Waals surface area contributed by atoms with Gasteiger partial charge in [0.1, 0.15) is 11.5 Å². The number of nitrogens with zero attached hydrogens (tertiary/aromatic N) is 2. The zero-order chi connectivity index (χ0) is 20.0. The lowest BCUT2D eigenvalue weighted by Gasteiger charge is -2.27. The van der Waals surface area contributed by atoms with Gasteiger partial charge in [-0.1, -0.05) is 12.1 Å². The topological polar surface area (TPSA) is 91.8 Å². The van der Waals surface area contributed by atoms with Crippen molar-refractivity contribution in [1.29, 1.82) is 0 Å². The average molecular weight is 389 g/mol. The highest BCUT2D eigenvalue weighted by Gasteiger charge is 2.32. The van der Waals surface area contributed by atoms with Crippen LogP contribution in [-0.2, 0) is 17.8 Å². The summed E-state index contributed by atoms with van der Waals surface area (Å²) in [5.74, 6) is 0.388. The molecule has 3 heterocycles. The molecule has 1 amide bonds. The minimum absolute atomic E-state index is 0.0541. The Morgan fingerprint density at radius 3 is 3.00 bits per heavy atom. The minimum atomic E-state index is -0.212. The van der Waals surface area contributed by atoms with Crippen molar-refractivity contribution in [3.05, 3.63) is 70.8 Å². The fourth-order valence-corrected chi connectivity index (χ4v) is 3.96. The number of phenols is 1. The van der Waals surface area contributed by atoms with Gasteiger partial charge >= 0.3 is 0 Å². The molecule has 5 rings (SSSR count). The summed E-state index contributed by atoms with van der Waals surface area (Å²) >= 11 is 0. The predicted molar refractivity (Wildman–Crippen MR) is 105 cm³/mol. The van der Waals surface area contributed by atoms with Crippen LogP contribution in [0.3, 0.4) is 0 Å². The average Bonchev–Trinajstić information content (AvgIpc) is 3.26. The second kappa shape index (κ2) is 6.86. The summed E-state index contributed by atoms with van der Waals surface area (Å²) in [5.41, 5.74) is 3.83. The molecular weight excluding hydrogens is 370 g/mol. The van der Waals surface area contributed by atoms with E-state index in [9.17, 15) is 14.7 Å². The Balaban J connectivity index is 1.46. The largest absolute Gasteiger partial charge is 0.507 e. The van der Waals surface area contributed by atoms with Crippen LogP contribution >= 0.6 is 0 Å². The molecule has 146 valence electrons.